The van der Waals surface area contributed by atoms with Crippen LogP contribution in [0, 0.1) is 0 Å². The molecular formula is C9H13NO2. The van der Waals surface area contributed by atoms with Crippen LogP contribution in [0.1, 0.15) is 5.56 Å². The van der Waals surface area contributed by atoms with E-state index in [0.717, 1.165) is 11.3 Å². The highest BCUT2D eigenvalue weighted by Crippen LogP contribution is 2.11. The summed E-state index contributed by atoms with van der Waals surface area (Å²) >= 11 is 0. The van der Waals surface area contributed by atoms with Gasteiger partial charge in [-0.1, -0.05) is 12.1 Å². The zero-order chi connectivity index (χ0) is 8.81. The summed E-state index contributed by atoms with van der Waals surface area (Å²) in [4.78, 5) is 4.73. The smallest absolute Gasteiger partial charge is 0.119 e. The third-order valence-electron chi connectivity index (χ3n) is 1.55. The molecule has 0 aliphatic carbocycles. The molecule has 0 radical (unpaired) electrons. The van der Waals surface area contributed by atoms with E-state index in [2.05, 4.69) is 5.48 Å². The lowest BCUT2D eigenvalue weighted by molar-refractivity contribution is 0.0867. The summed E-state index contributed by atoms with van der Waals surface area (Å²) in [5.41, 5.74) is 3.90. The van der Waals surface area contributed by atoms with Crippen molar-refractivity contribution in [3.8, 4) is 5.75 Å². The minimum absolute atomic E-state index is 0.688. The first-order valence-corrected chi connectivity index (χ1v) is 3.75. The van der Waals surface area contributed by atoms with Gasteiger partial charge in [0.05, 0.1) is 14.2 Å². The zero-order valence-corrected chi connectivity index (χ0v) is 7.33. The Bertz CT molecular complexity index is 238. The van der Waals surface area contributed by atoms with Crippen LogP contribution in [0.15, 0.2) is 24.3 Å². The predicted octanol–water partition coefficient (Wildman–Crippen LogP) is 1.35. The average Bonchev–Trinajstić information content (AvgIpc) is 2.15. The van der Waals surface area contributed by atoms with E-state index in [-0.39, 0.29) is 0 Å². The average molecular weight is 167 g/mol. The van der Waals surface area contributed by atoms with E-state index in [1.807, 2.05) is 24.3 Å². The van der Waals surface area contributed by atoms with E-state index in [9.17, 15) is 0 Å². The van der Waals surface area contributed by atoms with Crippen molar-refractivity contribution in [1.29, 1.82) is 0 Å². The topological polar surface area (TPSA) is 30.5 Å². The molecule has 0 fully saturated rings. The number of rotatable bonds is 4. The number of hydroxylamine groups is 1. The normalized spacial score (nSPS) is 9.83. The largest absolute Gasteiger partial charge is 0.497 e. The monoisotopic (exact) mass is 167 g/mol. The Morgan fingerprint density at radius 1 is 1.33 bits per heavy atom. The fourth-order valence-electron chi connectivity index (χ4n) is 0.938. The molecule has 0 heterocycles. The second kappa shape index (κ2) is 4.74. The summed E-state index contributed by atoms with van der Waals surface area (Å²) in [6, 6.07) is 7.84. The van der Waals surface area contributed by atoms with Crippen molar-refractivity contribution < 1.29 is 9.57 Å². The van der Waals surface area contributed by atoms with Crippen molar-refractivity contribution in [3.63, 3.8) is 0 Å². The minimum Gasteiger partial charge on any atom is -0.497 e. The lowest BCUT2D eigenvalue weighted by Crippen LogP contribution is -2.10. The standard InChI is InChI=1S/C9H13NO2/c1-11-9-5-3-4-8(6-9)7-10-12-2/h3-6,10H,7H2,1-2H3. The first-order valence-electron chi connectivity index (χ1n) is 3.75. The highest BCUT2D eigenvalue weighted by Gasteiger charge is 1.93. The van der Waals surface area contributed by atoms with E-state index in [4.69, 9.17) is 9.57 Å². The third-order valence-corrected chi connectivity index (χ3v) is 1.55. The summed E-state index contributed by atoms with van der Waals surface area (Å²) in [6.07, 6.45) is 0. The van der Waals surface area contributed by atoms with Crippen LogP contribution in [0.2, 0.25) is 0 Å². The molecule has 0 spiro atoms. The lowest BCUT2D eigenvalue weighted by atomic mass is 10.2. The van der Waals surface area contributed by atoms with Gasteiger partial charge >= 0.3 is 0 Å². The zero-order valence-electron chi connectivity index (χ0n) is 7.33. The molecule has 0 aliphatic rings. The molecule has 0 unspecified atom stereocenters. The van der Waals surface area contributed by atoms with Crippen molar-refractivity contribution in [2.75, 3.05) is 14.2 Å². The molecule has 1 N–H and O–H groups in total. The maximum Gasteiger partial charge on any atom is 0.119 e. The van der Waals surface area contributed by atoms with Crippen molar-refractivity contribution in [1.82, 2.24) is 5.48 Å². The summed E-state index contributed by atoms with van der Waals surface area (Å²) in [6.45, 7) is 0.688. The maximum atomic E-state index is 5.07. The van der Waals surface area contributed by atoms with Gasteiger partial charge in [-0.25, -0.2) is 0 Å². The molecule has 0 aromatic heterocycles. The van der Waals surface area contributed by atoms with Gasteiger partial charge in [-0.15, -0.1) is 0 Å². The second-order valence-electron chi connectivity index (χ2n) is 2.38. The number of benzene rings is 1. The van der Waals surface area contributed by atoms with Gasteiger partial charge in [0.25, 0.3) is 0 Å². The quantitative estimate of drug-likeness (QED) is 0.686. The summed E-state index contributed by atoms with van der Waals surface area (Å²) in [5, 5.41) is 0. The minimum atomic E-state index is 0.688. The second-order valence-corrected chi connectivity index (χ2v) is 2.38. The van der Waals surface area contributed by atoms with E-state index in [0.29, 0.717) is 6.54 Å². The van der Waals surface area contributed by atoms with E-state index in [1.165, 1.54) is 0 Å². The summed E-state index contributed by atoms with van der Waals surface area (Å²) in [5.74, 6) is 0.866. The molecule has 12 heavy (non-hydrogen) atoms. The number of methoxy groups -OCH3 is 1. The Balaban J connectivity index is 2.60. The SMILES string of the molecule is CONCc1cccc(OC)c1. The van der Waals surface area contributed by atoms with Gasteiger partial charge in [0.1, 0.15) is 5.75 Å². The highest BCUT2D eigenvalue weighted by atomic mass is 16.6. The van der Waals surface area contributed by atoms with E-state index < -0.39 is 0 Å². The van der Waals surface area contributed by atoms with Crippen molar-refractivity contribution in [3.05, 3.63) is 29.8 Å². The Morgan fingerprint density at radius 2 is 2.17 bits per heavy atom. The van der Waals surface area contributed by atoms with Crippen molar-refractivity contribution in [2.45, 2.75) is 6.54 Å². The van der Waals surface area contributed by atoms with Gasteiger partial charge in [0.15, 0.2) is 0 Å². The molecule has 1 aromatic rings. The number of hydrogen-bond donors (Lipinski definition) is 1. The van der Waals surface area contributed by atoms with Gasteiger partial charge in [-0.05, 0) is 17.7 Å². The fourth-order valence-corrected chi connectivity index (χ4v) is 0.938. The number of ether oxygens (including phenoxy) is 1. The summed E-state index contributed by atoms with van der Waals surface area (Å²) < 4.78 is 5.07. The third kappa shape index (κ3) is 2.53. The van der Waals surface area contributed by atoms with Crippen LogP contribution < -0.4 is 10.2 Å². The Kier molecular flexibility index (Phi) is 3.57. The van der Waals surface area contributed by atoms with Crippen LogP contribution in [-0.2, 0) is 11.4 Å². The molecule has 0 aliphatic heterocycles. The first kappa shape index (κ1) is 9.03. The summed E-state index contributed by atoms with van der Waals surface area (Å²) in [7, 11) is 3.25. The highest BCUT2D eigenvalue weighted by molar-refractivity contribution is 5.28. The molecule has 0 saturated carbocycles. The molecule has 3 nitrogen and oxygen atoms in total. The fraction of sp³-hybridized carbons (Fsp3) is 0.333. The molecule has 0 saturated heterocycles. The molecule has 0 bridgehead atoms. The first-order chi connectivity index (χ1) is 5.86. The van der Waals surface area contributed by atoms with Crippen molar-refractivity contribution in [2.24, 2.45) is 0 Å². The Hall–Kier alpha value is -1.06. The Labute approximate surface area is 72.3 Å². The van der Waals surface area contributed by atoms with Crippen molar-refractivity contribution >= 4 is 0 Å². The molecule has 3 heteroatoms. The van der Waals surface area contributed by atoms with Crippen LogP contribution >= 0.6 is 0 Å². The lowest BCUT2D eigenvalue weighted by Gasteiger charge is -2.04. The van der Waals surface area contributed by atoms with Crippen LogP contribution in [0.4, 0.5) is 0 Å². The maximum absolute atomic E-state index is 5.07. The van der Waals surface area contributed by atoms with Crippen LogP contribution in [0.25, 0.3) is 0 Å². The molecule has 0 atom stereocenters. The molecule has 0 amide bonds. The molecular weight excluding hydrogens is 154 g/mol. The van der Waals surface area contributed by atoms with Gasteiger partial charge in [0, 0.05) is 6.54 Å². The van der Waals surface area contributed by atoms with Gasteiger partial charge < -0.3 is 9.57 Å². The van der Waals surface area contributed by atoms with Gasteiger partial charge in [-0.2, -0.15) is 5.48 Å². The number of hydrogen-bond acceptors (Lipinski definition) is 3. The molecule has 1 aromatic carbocycles. The van der Waals surface area contributed by atoms with Crippen LogP contribution in [0.5, 0.6) is 5.75 Å². The molecule has 1 rings (SSSR count). The predicted molar refractivity (Wildman–Crippen MR) is 46.8 cm³/mol. The molecule has 66 valence electrons. The Morgan fingerprint density at radius 3 is 2.83 bits per heavy atom. The van der Waals surface area contributed by atoms with Gasteiger partial charge in [0.2, 0.25) is 0 Å². The number of nitrogens with one attached hydrogen (secondary N) is 1. The van der Waals surface area contributed by atoms with Crippen LogP contribution in [-0.4, -0.2) is 14.2 Å². The van der Waals surface area contributed by atoms with E-state index in [1.54, 1.807) is 14.2 Å². The van der Waals surface area contributed by atoms with Gasteiger partial charge in [-0.3, -0.25) is 0 Å². The van der Waals surface area contributed by atoms with E-state index >= 15 is 0 Å². The van der Waals surface area contributed by atoms with Crippen LogP contribution in [0.3, 0.4) is 0 Å².